The molecule has 0 spiro atoms. The number of carboxylic acids is 1. The maximum atomic E-state index is 13.2. The van der Waals surface area contributed by atoms with Crippen LogP contribution in [0.25, 0.3) is 0 Å². The summed E-state index contributed by atoms with van der Waals surface area (Å²) in [5.74, 6) is -1.81. The molecule has 2 bridgehead atoms. The fraction of sp³-hybridized carbons (Fsp3) is 0.619. The van der Waals surface area contributed by atoms with Gasteiger partial charge in [-0.2, -0.15) is 13.2 Å². The lowest BCUT2D eigenvalue weighted by atomic mass is 9.58. The van der Waals surface area contributed by atoms with Crippen LogP contribution in [0.1, 0.15) is 31.2 Å². The Labute approximate surface area is 167 Å². The fourth-order valence-electron chi connectivity index (χ4n) is 5.43. The number of piperazine rings is 1. The van der Waals surface area contributed by atoms with Gasteiger partial charge in [0.25, 0.3) is 0 Å². The molecule has 1 aromatic rings. The number of alkyl halides is 3. The summed E-state index contributed by atoms with van der Waals surface area (Å²) >= 11 is 0. The summed E-state index contributed by atoms with van der Waals surface area (Å²) in [6.07, 6.45) is -0.798. The van der Waals surface area contributed by atoms with Crippen LogP contribution in [0.3, 0.4) is 0 Å². The van der Waals surface area contributed by atoms with Crippen molar-refractivity contribution in [1.82, 2.24) is 4.90 Å². The smallest absolute Gasteiger partial charge is 0.416 e. The van der Waals surface area contributed by atoms with Crippen LogP contribution >= 0.6 is 0 Å². The molecule has 29 heavy (non-hydrogen) atoms. The number of aliphatic carboxylic acids is 1. The Balaban J connectivity index is 1.43. The number of carbonyl (C=O) groups is 2. The third-order valence-electron chi connectivity index (χ3n) is 6.92. The summed E-state index contributed by atoms with van der Waals surface area (Å²) in [5, 5.41) is 9.69. The number of rotatable bonds is 3. The molecule has 1 amide bonds. The summed E-state index contributed by atoms with van der Waals surface area (Å²) in [5.41, 5.74) is -0.192. The molecule has 0 aromatic heterocycles. The summed E-state index contributed by atoms with van der Waals surface area (Å²) < 4.78 is 38.9. The Bertz CT molecular complexity index is 782. The van der Waals surface area contributed by atoms with Gasteiger partial charge in [0, 0.05) is 31.9 Å². The van der Waals surface area contributed by atoms with Crippen molar-refractivity contribution >= 4 is 17.6 Å². The highest BCUT2D eigenvalue weighted by molar-refractivity contribution is 5.86. The van der Waals surface area contributed by atoms with Crippen LogP contribution in [0.5, 0.6) is 0 Å². The number of benzene rings is 1. The van der Waals surface area contributed by atoms with Gasteiger partial charge in [-0.3, -0.25) is 9.59 Å². The fourth-order valence-corrected chi connectivity index (χ4v) is 5.43. The first-order valence-corrected chi connectivity index (χ1v) is 10.2. The van der Waals surface area contributed by atoms with Crippen LogP contribution in [0, 0.1) is 23.7 Å². The van der Waals surface area contributed by atoms with Gasteiger partial charge in [-0.05, 0) is 55.7 Å². The number of fused-ring (bicyclic) bond motifs is 3. The topological polar surface area (TPSA) is 60.9 Å². The molecule has 158 valence electrons. The molecule has 1 saturated heterocycles. The number of anilines is 1. The van der Waals surface area contributed by atoms with Crippen molar-refractivity contribution in [3.8, 4) is 0 Å². The van der Waals surface area contributed by atoms with Gasteiger partial charge < -0.3 is 14.9 Å². The van der Waals surface area contributed by atoms with Crippen molar-refractivity contribution in [2.45, 2.75) is 31.9 Å². The van der Waals surface area contributed by atoms with Crippen molar-refractivity contribution < 1.29 is 27.9 Å². The Kier molecular flexibility index (Phi) is 5.21. The minimum atomic E-state index is -4.39. The van der Waals surface area contributed by atoms with Gasteiger partial charge in [0.2, 0.25) is 5.91 Å². The molecule has 1 aliphatic heterocycles. The Morgan fingerprint density at radius 1 is 0.931 bits per heavy atom. The van der Waals surface area contributed by atoms with Crippen molar-refractivity contribution in [1.29, 1.82) is 0 Å². The van der Waals surface area contributed by atoms with Crippen molar-refractivity contribution in [3.05, 3.63) is 29.8 Å². The Morgan fingerprint density at radius 2 is 1.52 bits per heavy atom. The van der Waals surface area contributed by atoms with Gasteiger partial charge in [0.15, 0.2) is 0 Å². The van der Waals surface area contributed by atoms with Gasteiger partial charge in [-0.25, -0.2) is 0 Å². The van der Waals surface area contributed by atoms with Crippen molar-refractivity contribution in [3.63, 3.8) is 0 Å². The number of hydrogen-bond acceptors (Lipinski definition) is 3. The zero-order valence-corrected chi connectivity index (χ0v) is 16.1. The van der Waals surface area contributed by atoms with E-state index in [-0.39, 0.29) is 17.7 Å². The summed E-state index contributed by atoms with van der Waals surface area (Å²) in [6.45, 7) is 1.67. The van der Waals surface area contributed by atoms with E-state index in [0.29, 0.717) is 31.9 Å². The molecule has 0 radical (unpaired) electrons. The van der Waals surface area contributed by atoms with Crippen LogP contribution in [0.4, 0.5) is 18.9 Å². The average molecular weight is 410 g/mol. The Morgan fingerprint density at radius 3 is 2.07 bits per heavy atom. The second kappa shape index (κ2) is 7.54. The molecule has 5 nitrogen and oxygen atoms in total. The molecular formula is C21H25F3N2O3. The molecule has 2 atom stereocenters. The van der Waals surface area contributed by atoms with E-state index in [2.05, 4.69) is 0 Å². The lowest BCUT2D eigenvalue weighted by molar-refractivity contribution is -0.162. The van der Waals surface area contributed by atoms with E-state index in [1.165, 1.54) is 6.07 Å². The quantitative estimate of drug-likeness (QED) is 0.829. The SMILES string of the molecule is O=C(O)[C@H]1C2CCC(CC2)[C@@H]1C(=O)N1CCN(c2cccc(C(F)(F)F)c2)CC1. The molecule has 4 aliphatic rings. The minimum absolute atomic E-state index is 0.0813. The highest BCUT2D eigenvalue weighted by Crippen LogP contribution is 2.49. The zero-order chi connectivity index (χ0) is 20.8. The molecule has 5 rings (SSSR count). The first-order chi connectivity index (χ1) is 13.8. The molecule has 1 aromatic carbocycles. The molecule has 3 saturated carbocycles. The standard InChI is InChI=1S/C21H25F3N2O3/c22-21(23,24)15-2-1-3-16(12-15)25-8-10-26(11-9-25)19(27)17-13-4-6-14(7-5-13)18(17)20(28)29/h1-3,12-14,17-18H,4-11H2,(H,28,29)/t13?,14?,17-,18-/m0/s1. The molecule has 4 fully saturated rings. The highest BCUT2D eigenvalue weighted by Gasteiger charge is 2.51. The zero-order valence-electron chi connectivity index (χ0n) is 16.1. The maximum Gasteiger partial charge on any atom is 0.416 e. The molecule has 0 unspecified atom stereocenters. The predicted octanol–water partition coefficient (Wildman–Crippen LogP) is 3.49. The van der Waals surface area contributed by atoms with E-state index >= 15 is 0 Å². The number of amides is 1. The second-order valence-corrected chi connectivity index (χ2v) is 8.43. The first-order valence-electron chi connectivity index (χ1n) is 10.2. The number of carbonyl (C=O) groups excluding carboxylic acids is 1. The third kappa shape index (κ3) is 3.81. The van der Waals surface area contributed by atoms with Crippen LogP contribution < -0.4 is 4.90 Å². The molecule has 8 heteroatoms. The molecule has 1 N–H and O–H groups in total. The summed E-state index contributed by atoms with van der Waals surface area (Å²) in [6, 6.07) is 5.23. The van der Waals surface area contributed by atoms with E-state index in [1.54, 1.807) is 11.0 Å². The molecule has 1 heterocycles. The first kappa shape index (κ1) is 20.0. The number of hydrogen-bond donors (Lipinski definition) is 1. The van der Waals surface area contributed by atoms with Gasteiger partial charge in [0.1, 0.15) is 0 Å². The van der Waals surface area contributed by atoms with Gasteiger partial charge in [-0.15, -0.1) is 0 Å². The number of nitrogens with zero attached hydrogens (tertiary/aromatic N) is 2. The molecule has 3 aliphatic carbocycles. The van der Waals surface area contributed by atoms with Crippen LogP contribution in [0.15, 0.2) is 24.3 Å². The number of carboxylic acid groups (broad SMARTS) is 1. The largest absolute Gasteiger partial charge is 0.481 e. The van der Waals surface area contributed by atoms with E-state index in [0.717, 1.165) is 37.8 Å². The van der Waals surface area contributed by atoms with E-state index < -0.39 is 29.5 Å². The monoisotopic (exact) mass is 410 g/mol. The van der Waals surface area contributed by atoms with E-state index in [4.69, 9.17) is 0 Å². The van der Waals surface area contributed by atoms with Crippen LogP contribution in [-0.4, -0.2) is 48.1 Å². The Hall–Kier alpha value is -2.25. The van der Waals surface area contributed by atoms with Gasteiger partial charge in [0.05, 0.1) is 17.4 Å². The highest BCUT2D eigenvalue weighted by atomic mass is 19.4. The normalized spacial score (nSPS) is 29.8. The maximum absolute atomic E-state index is 13.2. The third-order valence-corrected chi connectivity index (χ3v) is 6.92. The van der Waals surface area contributed by atoms with E-state index in [1.807, 2.05) is 4.90 Å². The van der Waals surface area contributed by atoms with Crippen molar-refractivity contribution in [2.75, 3.05) is 31.1 Å². The van der Waals surface area contributed by atoms with Gasteiger partial charge in [-0.1, -0.05) is 6.07 Å². The van der Waals surface area contributed by atoms with E-state index in [9.17, 15) is 27.9 Å². The lowest BCUT2D eigenvalue weighted by Crippen LogP contribution is -2.56. The van der Waals surface area contributed by atoms with Crippen LogP contribution in [0.2, 0.25) is 0 Å². The number of halogens is 3. The average Bonchev–Trinajstić information content (AvgIpc) is 2.73. The van der Waals surface area contributed by atoms with Gasteiger partial charge >= 0.3 is 12.1 Å². The minimum Gasteiger partial charge on any atom is -0.481 e. The second-order valence-electron chi connectivity index (χ2n) is 8.43. The van der Waals surface area contributed by atoms with Crippen LogP contribution in [-0.2, 0) is 15.8 Å². The molecular weight excluding hydrogens is 385 g/mol. The predicted molar refractivity (Wildman–Crippen MR) is 100 cm³/mol. The summed E-state index contributed by atoms with van der Waals surface area (Å²) in [4.78, 5) is 28.6. The lowest BCUT2D eigenvalue weighted by Gasteiger charge is -2.48. The van der Waals surface area contributed by atoms with Crippen molar-refractivity contribution in [2.24, 2.45) is 23.7 Å². The summed E-state index contributed by atoms with van der Waals surface area (Å²) in [7, 11) is 0.